The Morgan fingerprint density at radius 3 is 1.41 bits per heavy atom. The molecular weight excluding hydrogens is 744 g/mol. The van der Waals surface area contributed by atoms with Crippen LogP contribution in [0.25, 0.3) is 0 Å². The highest BCUT2D eigenvalue weighted by Crippen LogP contribution is 2.54. The number of carbonyl (C=O) groups excluding carboxylic acids is 5. The van der Waals surface area contributed by atoms with E-state index < -0.39 is 79.4 Å². The molecule has 56 heavy (non-hydrogen) atoms. The van der Waals surface area contributed by atoms with E-state index in [0.717, 1.165) is 26.3 Å². The molecule has 3 aliphatic rings. The molecule has 0 aliphatic carbocycles. The first-order valence-corrected chi connectivity index (χ1v) is 17.6. The average Bonchev–Trinajstić information content (AvgIpc) is 3.75. The molecule has 3 aliphatic heterocycles. The van der Waals surface area contributed by atoms with Crippen LogP contribution in [0.1, 0.15) is 58.0 Å². The van der Waals surface area contributed by atoms with Crippen LogP contribution in [0, 0.1) is 11.8 Å². The fourth-order valence-corrected chi connectivity index (χ4v) is 7.12. The van der Waals surface area contributed by atoms with Gasteiger partial charge in [-0.25, -0.2) is 0 Å². The van der Waals surface area contributed by atoms with Crippen molar-refractivity contribution in [2.75, 3.05) is 48.3 Å². The van der Waals surface area contributed by atoms with Crippen molar-refractivity contribution in [1.29, 1.82) is 0 Å². The zero-order chi connectivity index (χ0) is 40.8. The van der Waals surface area contributed by atoms with Crippen LogP contribution in [0.4, 0.5) is 0 Å². The Morgan fingerprint density at radius 1 is 0.571 bits per heavy atom. The molecule has 0 amide bonds. The number of rotatable bonds is 14. The number of hydrogen-bond donors (Lipinski definition) is 0. The van der Waals surface area contributed by atoms with Crippen molar-refractivity contribution in [3.8, 4) is 34.5 Å². The summed E-state index contributed by atoms with van der Waals surface area (Å²) < 4.78 is 74.8. The highest BCUT2D eigenvalue weighted by Gasteiger charge is 2.54. The molecule has 18 heteroatoms. The maximum absolute atomic E-state index is 12.4. The van der Waals surface area contributed by atoms with E-state index in [2.05, 4.69) is 0 Å². The molecule has 3 saturated heterocycles. The molecule has 0 N–H and O–H groups in total. The van der Waals surface area contributed by atoms with Gasteiger partial charge in [-0.2, -0.15) is 0 Å². The fourth-order valence-electron chi connectivity index (χ4n) is 7.12. The third-order valence-corrected chi connectivity index (χ3v) is 9.32. The van der Waals surface area contributed by atoms with Gasteiger partial charge in [0.05, 0.1) is 53.9 Å². The topological polar surface area (TPSA) is 205 Å². The van der Waals surface area contributed by atoms with E-state index >= 15 is 0 Å². The van der Waals surface area contributed by atoms with Crippen LogP contribution in [0.3, 0.4) is 0 Å². The van der Waals surface area contributed by atoms with Crippen molar-refractivity contribution in [2.45, 2.75) is 77.5 Å². The minimum absolute atomic E-state index is 0.0156. The summed E-state index contributed by atoms with van der Waals surface area (Å²) in [5.41, 5.74) is 1.42. The molecule has 18 nitrogen and oxygen atoms in total. The van der Waals surface area contributed by atoms with Gasteiger partial charge < -0.3 is 61.6 Å². The summed E-state index contributed by atoms with van der Waals surface area (Å²) in [4.78, 5) is 60.4. The molecule has 2 aromatic carbocycles. The first kappa shape index (κ1) is 41.8. The second-order valence-corrected chi connectivity index (χ2v) is 13.1. The predicted octanol–water partition coefficient (Wildman–Crippen LogP) is 3.18. The number of ether oxygens (including phenoxy) is 13. The third-order valence-electron chi connectivity index (χ3n) is 9.32. The van der Waals surface area contributed by atoms with Crippen LogP contribution in [0.15, 0.2) is 24.3 Å². The van der Waals surface area contributed by atoms with Gasteiger partial charge in [-0.3, -0.25) is 24.0 Å². The SMILES string of the molecule is COc1cc(C2OCC3C(c4cc(OC)c(OC5OC(COC(C)=O)C(OC(C)=O)C(OC(C)=O)C5OC(C)=O)c(OC)c4)OCC23)cc(OC)c1OC(C)=O. The highest BCUT2D eigenvalue weighted by atomic mass is 16.7. The highest BCUT2D eigenvalue weighted by molar-refractivity contribution is 5.72. The van der Waals surface area contributed by atoms with Crippen LogP contribution >= 0.6 is 0 Å². The number of benzene rings is 2. The summed E-state index contributed by atoms with van der Waals surface area (Å²) in [7, 11) is 5.74. The first-order valence-electron chi connectivity index (χ1n) is 17.6. The number of hydrogen-bond acceptors (Lipinski definition) is 18. The fraction of sp³-hybridized carbons (Fsp3) is 0.553. The van der Waals surface area contributed by atoms with E-state index in [1.165, 1.54) is 42.3 Å². The lowest BCUT2D eigenvalue weighted by Crippen LogP contribution is -2.63. The Morgan fingerprint density at radius 2 is 1.00 bits per heavy atom. The molecule has 3 heterocycles. The summed E-state index contributed by atoms with van der Waals surface area (Å²) >= 11 is 0. The van der Waals surface area contributed by atoms with Gasteiger partial charge in [-0.1, -0.05) is 0 Å². The van der Waals surface area contributed by atoms with Gasteiger partial charge in [-0.15, -0.1) is 0 Å². The first-order chi connectivity index (χ1) is 26.7. The summed E-state index contributed by atoms with van der Waals surface area (Å²) in [5, 5.41) is 0. The largest absolute Gasteiger partial charge is 0.493 e. The molecule has 3 fully saturated rings. The molecule has 0 radical (unpaired) electrons. The van der Waals surface area contributed by atoms with Crippen LogP contribution in [-0.4, -0.2) is 109 Å². The van der Waals surface area contributed by atoms with Crippen LogP contribution < -0.4 is 28.4 Å². The molecule has 2 aromatic rings. The van der Waals surface area contributed by atoms with Crippen molar-refractivity contribution in [3.05, 3.63) is 35.4 Å². The molecule has 0 aromatic heterocycles. The van der Waals surface area contributed by atoms with Crippen molar-refractivity contribution in [1.82, 2.24) is 0 Å². The summed E-state index contributed by atoms with van der Waals surface area (Å²) in [6.45, 7) is 6.06. The Bertz CT molecular complexity index is 1740. The van der Waals surface area contributed by atoms with Gasteiger partial charge in [0.1, 0.15) is 12.7 Å². The van der Waals surface area contributed by atoms with E-state index in [-0.39, 0.29) is 34.8 Å². The van der Waals surface area contributed by atoms with Crippen molar-refractivity contribution < 1.29 is 85.6 Å². The molecule has 9 atom stereocenters. The van der Waals surface area contributed by atoms with Gasteiger partial charge in [0.15, 0.2) is 35.2 Å². The lowest BCUT2D eigenvalue weighted by Gasteiger charge is -2.44. The molecule has 306 valence electrons. The van der Waals surface area contributed by atoms with E-state index in [9.17, 15) is 24.0 Å². The number of methoxy groups -OCH3 is 4. The summed E-state index contributed by atoms with van der Waals surface area (Å²) in [6, 6.07) is 6.88. The smallest absolute Gasteiger partial charge is 0.308 e. The monoisotopic (exact) mass is 790 g/mol. The van der Waals surface area contributed by atoms with Gasteiger partial charge in [0, 0.05) is 46.5 Å². The van der Waals surface area contributed by atoms with Crippen molar-refractivity contribution in [2.24, 2.45) is 11.8 Å². The average molecular weight is 791 g/mol. The molecule has 0 saturated carbocycles. The molecule has 0 spiro atoms. The molecule has 9 unspecified atom stereocenters. The number of esters is 5. The zero-order valence-corrected chi connectivity index (χ0v) is 32.5. The summed E-state index contributed by atoms with van der Waals surface area (Å²) in [5.74, 6) is -2.63. The van der Waals surface area contributed by atoms with Crippen LogP contribution in [-0.2, 0) is 57.1 Å². The predicted molar refractivity (Wildman–Crippen MR) is 187 cm³/mol. The minimum atomic E-state index is -1.54. The Hall–Kier alpha value is -5.33. The second kappa shape index (κ2) is 18.1. The van der Waals surface area contributed by atoms with E-state index in [1.54, 1.807) is 24.3 Å². The quantitative estimate of drug-likeness (QED) is 0.153. The van der Waals surface area contributed by atoms with E-state index in [4.69, 9.17) is 61.6 Å². The Kier molecular flexibility index (Phi) is 13.5. The van der Waals surface area contributed by atoms with Gasteiger partial charge >= 0.3 is 29.8 Å². The number of carbonyl (C=O) groups is 5. The lowest BCUT2D eigenvalue weighted by atomic mass is 9.84. The normalized spacial score (nSPS) is 26.6. The summed E-state index contributed by atoms with van der Waals surface area (Å²) in [6.07, 6.45) is -7.98. The van der Waals surface area contributed by atoms with Crippen molar-refractivity contribution in [3.63, 3.8) is 0 Å². The van der Waals surface area contributed by atoms with Crippen LogP contribution in [0.2, 0.25) is 0 Å². The Labute approximate surface area is 322 Å². The Balaban J connectivity index is 1.46. The van der Waals surface area contributed by atoms with Crippen LogP contribution in [0.5, 0.6) is 34.5 Å². The molecular formula is C38H46O18. The maximum atomic E-state index is 12.4. The second-order valence-electron chi connectivity index (χ2n) is 13.1. The standard InChI is InChI=1S/C38H46O18/c1-17(39)48-16-30-35(52-19(3)41)36(53-20(4)42)37(54-21(5)43)38(55-30)56-34-28(46-8)12-23(13-29(34)47-9)32-25-15-49-31(24(25)14-50-32)22-10-26(44-6)33(51-18(2)40)27(11-22)45-7/h10-13,24-25,30-32,35-38H,14-16H2,1-9H3. The van der Waals surface area contributed by atoms with E-state index in [1.807, 2.05) is 0 Å². The number of fused-ring (bicyclic) bond motifs is 1. The maximum Gasteiger partial charge on any atom is 0.308 e. The zero-order valence-electron chi connectivity index (χ0n) is 32.5. The third kappa shape index (κ3) is 9.20. The van der Waals surface area contributed by atoms with Crippen molar-refractivity contribution >= 4 is 29.8 Å². The molecule has 5 rings (SSSR count). The van der Waals surface area contributed by atoms with Gasteiger partial charge in [0.25, 0.3) is 0 Å². The van der Waals surface area contributed by atoms with Gasteiger partial charge in [-0.05, 0) is 35.4 Å². The minimum Gasteiger partial charge on any atom is -0.493 e. The van der Waals surface area contributed by atoms with E-state index in [0.29, 0.717) is 30.3 Å². The molecule has 0 bridgehead atoms. The lowest BCUT2D eigenvalue weighted by molar-refractivity contribution is -0.288. The van der Waals surface area contributed by atoms with Gasteiger partial charge in [0.2, 0.25) is 23.9 Å².